The lowest BCUT2D eigenvalue weighted by atomic mass is 9.89. The summed E-state index contributed by atoms with van der Waals surface area (Å²) >= 11 is 0. The summed E-state index contributed by atoms with van der Waals surface area (Å²) in [6, 6.07) is 4.71. The Morgan fingerprint density at radius 3 is 2.47 bits per heavy atom. The second-order valence-corrected chi connectivity index (χ2v) is 8.48. The zero-order valence-electron chi connectivity index (χ0n) is 18.5. The van der Waals surface area contributed by atoms with Gasteiger partial charge in [0.25, 0.3) is 5.91 Å². The molecule has 0 aliphatic heterocycles. The summed E-state index contributed by atoms with van der Waals surface area (Å²) in [6.45, 7) is 0. The van der Waals surface area contributed by atoms with Gasteiger partial charge in [-0.1, -0.05) is 19.3 Å². The number of aromatic nitrogens is 2. The Bertz CT molecular complexity index is 1220. The standard InChI is InChI=1S/C23H23F5N4O2/c1-32(2)17-11-15-14(29-21(30-15)12-6-4-3-5-7-12)10-16(17)31-22(33)13-8-9-18(20(25)19(13)24)34-23(26,27)28/h8-12H,3-7H2,1-2H3,(H,29,30)(H,31,33). The minimum atomic E-state index is -5.20. The Balaban J connectivity index is 1.64. The first-order valence-electron chi connectivity index (χ1n) is 10.8. The zero-order chi connectivity index (χ0) is 24.6. The number of ether oxygens (including phenoxy) is 1. The molecule has 1 saturated carbocycles. The molecule has 0 bridgehead atoms. The molecule has 1 aromatic heterocycles. The Kier molecular flexibility index (Phi) is 6.37. The van der Waals surface area contributed by atoms with Crippen molar-refractivity contribution in [2.75, 3.05) is 24.3 Å². The van der Waals surface area contributed by atoms with Crippen molar-refractivity contribution in [3.8, 4) is 5.75 Å². The number of imidazole rings is 1. The third-order valence-corrected chi connectivity index (χ3v) is 5.86. The maximum atomic E-state index is 14.4. The fourth-order valence-corrected chi connectivity index (χ4v) is 4.21. The molecule has 1 aliphatic rings. The van der Waals surface area contributed by atoms with Crippen molar-refractivity contribution >= 4 is 28.3 Å². The molecule has 182 valence electrons. The summed E-state index contributed by atoms with van der Waals surface area (Å²) in [5.74, 6) is -4.83. The molecule has 1 heterocycles. The SMILES string of the molecule is CN(C)c1cc2nc(C3CCCCC3)[nH]c2cc1NC(=O)c1ccc(OC(F)(F)F)c(F)c1F. The van der Waals surface area contributed by atoms with Crippen molar-refractivity contribution in [1.82, 2.24) is 9.97 Å². The highest BCUT2D eigenvalue weighted by molar-refractivity contribution is 6.07. The van der Waals surface area contributed by atoms with Gasteiger partial charge < -0.3 is 19.9 Å². The number of amides is 1. The van der Waals surface area contributed by atoms with Crippen molar-refractivity contribution in [1.29, 1.82) is 0 Å². The van der Waals surface area contributed by atoms with Crippen molar-refractivity contribution in [3.05, 3.63) is 47.3 Å². The Hall–Kier alpha value is -3.37. The molecule has 0 saturated heterocycles. The molecule has 0 radical (unpaired) electrons. The normalized spacial score (nSPS) is 14.9. The minimum Gasteiger partial charge on any atom is -0.403 e. The number of nitrogens with one attached hydrogen (secondary N) is 2. The molecule has 0 spiro atoms. The number of fused-ring (bicyclic) bond motifs is 1. The minimum absolute atomic E-state index is 0.303. The van der Waals surface area contributed by atoms with Gasteiger partial charge in [0, 0.05) is 20.0 Å². The lowest BCUT2D eigenvalue weighted by Gasteiger charge is -2.18. The first-order chi connectivity index (χ1) is 16.0. The molecule has 0 unspecified atom stereocenters. The maximum absolute atomic E-state index is 14.4. The van der Waals surface area contributed by atoms with Crippen LogP contribution in [0.4, 0.5) is 33.3 Å². The predicted octanol–water partition coefficient (Wildman–Crippen LogP) is 6.11. The van der Waals surface area contributed by atoms with Gasteiger partial charge >= 0.3 is 6.36 Å². The van der Waals surface area contributed by atoms with Crippen molar-refractivity contribution < 1.29 is 31.5 Å². The van der Waals surface area contributed by atoms with E-state index in [1.54, 1.807) is 31.1 Å². The molecule has 1 aliphatic carbocycles. The van der Waals surface area contributed by atoms with Gasteiger partial charge in [-0.3, -0.25) is 4.79 Å². The van der Waals surface area contributed by atoms with Gasteiger partial charge in [-0.2, -0.15) is 4.39 Å². The molecule has 6 nitrogen and oxygen atoms in total. The molecule has 3 aromatic rings. The van der Waals surface area contributed by atoms with Crippen LogP contribution in [0.25, 0.3) is 11.0 Å². The number of hydrogen-bond donors (Lipinski definition) is 2. The summed E-state index contributed by atoms with van der Waals surface area (Å²) in [5, 5.41) is 2.53. The number of nitrogens with zero attached hydrogens (tertiary/aromatic N) is 2. The first kappa shape index (κ1) is 23.8. The van der Waals surface area contributed by atoms with E-state index in [1.165, 1.54) is 6.42 Å². The monoisotopic (exact) mass is 482 g/mol. The third-order valence-electron chi connectivity index (χ3n) is 5.86. The second-order valence-electron chi connectivity index (χ2n) is 8.48. The first-order valence-corrected chi connectivity index (χ1v) is 10.8. The summed E-state index contributed by atoms with van der Waals surface area (Å²) in [4.78, 5) is 22.5. The van der Waals surface area contributed by atoms with E-state index in [4.69, 9.17) is 4.98 Å². The largest absolute Gasteiger partial charge is 0.573 e. The number of H-pyrrole nitrogens is 1. The third kappa shape index (κ3) is 4.92. The molecule has 11 heteroatoms. The summed E-state index contributed by atoms with van der Waals surface area (Å²) in [7, 11) is 3.49. The quantitative estimate of drug-likeness (QED) is 0.431. The average Bonchev–Trinajstić information content (AvgIpc) is 3.19. The van der Waals surface area contributed by atoms with E-state index in [9.17, 15) is 26.7 Å². The van der Waals surface area contributed by atoms with Crippen LogP contribution in [0.3, 0.4) is 0 Å². The van der Waals surface area contributed by atoms with E-state index in [2.05, 4.69) is 15.0 Å². The molecule has 1 amide bonds. The number of halogens is 5. The van der Waals surface area contributed by atoms with Crippen molar-refractivity contribution in [2.24, 2.45) is 0 Å². The van der Waals surface area contributed by atoms with Crippen LogP contribution in [0.1, 0.15) is 54.2 Å². The van der Waals surface area contributed by atoms with Gasteiger partial charge in [0.1, 0.15) is 5.82 Å². The summed E-state index contributed by atoms with van der Waals surface area (Å²) < 4.78 is 69.0. The van der Waals surface area contributed by atoms with Crippen LogP contribution in [0.5, 0.6) is 5.75 Å². The molecular formula is C23H23F5N4O2. The molecule has 2 aromatic carbocycles. The topological polar surface area (TPSA) is 70.2 Å². The van der Waals surface area contributed by atoms with E-state index in [0.717, 1.165) is 37.6 Å². The van der Waals surface area contributed by atoms with Crippen molar-refractivity contribution in [3.63, 3.8) is 0 Å². The van der Waals surface area contributed by atoms with Crippen LogP contribution in [0, 0.1) is 11.6 Å². The number of aromatic amines is 1. The molecule has 0 atom stereocenters. The number of anilines is 2. The number of rotatable bonds is 5. The van der Waals surface area contributed by atoms with E-state index in [-0.39, 0.29) is 0 Å². The smallest absolute Gasteiger partial charge is 0.403 e. The highest BCUT2D eigenvalue weighted by atomic mass is 19.4. The summed E-state index contributed by atoms with van der Waals surface area (Å²) in [6.07, 6.45) is 0.374. The van der Waals surface area contributed by atoms with Crippen LogP contribution < -0.4 is 15.0 Å². The molecule has 4 rings (SSSR count). The lowest BCUT2D eigenvalue weighted by Crippen LogP contribution is -2.20. The molecule has 1 fully saturated rings. The van der Waals surface area contributed by atoms with Gasteiger partial charge in [-0.25, -0.2) is 9.37 Å². The van der Waals surface area contributed by atoms with Crippen LogP contribution in [-0.4, -0.2) is 36.3 Å². The van der Waals surface area contributed by atoms with Crippen LogP contribution in [0.2, 0.25) is 0 Å². The number of carbonyl (C=O) groups is 1. The van der Waals surface area contributed by atoms with Gasteiger partial charge in [0.2, 0.25) is 5.82 Å². The molecule has 34 heavy (non-hydrogen) atoms. The van der Waals surface area contributed by atoms with Crippen LogP contribution >= 0.6 is 0 Å². The number of hydrogen-bond acceptors (Lipinski definition) is 4. The Morgan fingerprint density at radius 2 is 1.82 bits per heavy atom. The second kappa shape index (κ2) is 9.11. The van der Waals surface area contributed by atoms with Crippen LogP contribution in [0.15, 0.2) is 24.3 Å². The fourth-order valence-electron chi connectivity index (χ4n) is 4.21. The zero-order valence-corrected chi connectivity index (χ0v) is 18.5. The van der Waals surface area contributed by atoms with Gasteiger partial charge in [0.05, 0.1) is 28.0 Å². The number of alkyl halides is 3. The van der Waals surface area contributed by atoms with Gasteiger partial charge in [-0.15, -0.1) is 13.2 Å². The average molecular weight is 482 g/mol. The fraction of sp³-hybridized carbons (Fsp3) is 0.391. The van der Waals surface area contributed by atoms with E-state index in [1.807, 2.05) is 0 Å². The highest BCUT2D eigenvalue weighted by Gasteiger charge is 2.34. The maximum Gasteiger partial charge on any atom is 0.573 e. The van der Waals surface area contributed by atoms with Gasteiger partial charge in [-0.05, 0) is 37.1 Å². The molecular weight excluding hydrogens is 459 g/mol. The van der Waals surface area contributed by atoms with E-state index in [0.29, 0.717) is 34.4 Å². The Morgan fingerprint density at radius 1 is 1.12 bits per heavy atom. The Labute approximate surface area is 192 Å². The number of carbonyl (C=O) groups excluding carboxylic acids is 1. The van der Waals surface area contributed by atoms with Crippen LogP contribution in [-0.2, 0) is 0 Å². The lowest BCUT2D eigenvalue weighted by molar-refractivity contribution is -0.275. The van der Waals surface area contributed by atoms with E-state index >= 15 is 0 Å². The number of benzene rings is 2. The highest BCUT2D eigenvalue weighted by Crippen LogP contribution is 2.35. The predicted molar refractivity (Wildman–Crippen MR) is 117 cm³/mol. The molecule has 2 N–H and O–H groups in total. The van der Waals surface area contributed by atoms with E-state index < -0.39 is 35.2 Å². The van der Waals surface area contributed by atoms with Gasteiger partial charge in [0.15, 0.2) is 11.6 Å². The summed E-state index contributed by atoms with van der Waals surface area (Å²) in [5.41, 5.74) is 1.48. The van der Waals surface area contributed by atoms with Crippen molar-refractivity contribution in [2.45, 2.75) is 44.4 Å².